The molecule has 6 heteroatoms. The molecule has 0 saturated carbocycles. The Kier molecular flexibility index (Phi) is 4.27. The normalized spacial score (nSPS) is 17.5. The highest BCUT2D eigenvalue weighted by atomic mass is 16.2. The van der Waals surface area contributed by atoms with Crippen LogP contribution < -0.4 is 10.2 Å². The first-order valence-corrected chi connectivity index (χ1v) is 7.56. The van der Waals surface area contributed by atoms with Crippen LogP contribution >= 0.6 is 0 Å². The second-order valence-corrected chi connectivity index (χ2v) is 5.62. The van der Waals surface area contributed by atoms with Crippen molar-refractivity contribution in [1.29, 1.82) is 0 Å². The van der Waals surface area contributed by atoms with E-state index in [2.05, 4.69) is 39.6 Å². The minimum Gasteiger partial charge on any atom is -0.373 e. The summed E-state index contributed by atoms with van der Waals surface area (Å²) in [6, 6.07) is 10.4. The number of carbonyl (C=O) groups is 1. The number of rotatable bonds is 4. The lowest BCUT2D eigenvalue weighted by molar-refractivity contribution is 0.207. The number of amides is 2. The van der Waals surface area contributed by atoms with Crippen LogP contribution in [0.1, 0.15) is 12.8 Å². The van der Waals surface area contributed by atoms with Crippen LogP contribution in [0.25, 0.3) is 0 Å². The number of carbonyl (C=O) groups excluding carboxylic acids is 1. The first kappa shape index (κ1) is 14.4. The predicted molar refractivity (Wildman–Crippen MR) is 87.0 cm³/mol. The molecule has 116 valence electrons. The highest BCUT2D eigenvalue weighted by Gasteiger charge is 2.29. The molecule has 1 atom stereocenters. The van der Waals surface area contributed by atoms with Crippen molar-refractivity contribution in [2.45, 2.75) is 18.9 Å². The van der Waals surface area contributed by atoms with Gasteiger partial charge in [-0.05, 0) is 25.0 Å². The number of anilines is 2. The molecule has 1 aromatic heterocycles. The third kappa shape index (κ3) is 3.21. The molecule has 3 rings (SSSR count). The molecule has 6 nitrogen and oxygen atoms in total. The maximum atomic E-state index is 12.4. The molecule has 0 spiro atoms. The van der Waals surface area contributed by atoms with Crippen LogP contribution in [0.4, 0.5) is 16.2 Å². The molecule has 2 aromatic rings. The van der Waals surface area contributed by atoms with Crippen LogP contribution in [0.2, 0.25) is 0 Å². The zero-order valence-corrected chi connectivity index (χ0v) is 12.7. The summed E-state index contributed by atoms with van der Waals surface area (Å²) in [6.45, 7) is 1.64. The van der Waals surface area contributed by atoms with Crippen LogP contribution in [-0.2, 0) is 0 Å². The molecule has 22 heavy (non-hydrogen) atoms. The first-order valence-electron chi connectivity index (χ1n) is 7.56. The fourth-order valence-corrected chi connectivity index (χ4v) is 2.91. The molecule has 2 N–H and O–H groups in total. The van der Waals surface area contributed by atoms with E-state index in [0.717, 1.165) is 25.9 Å². The number of aromatic nitrogens is 2. The third-order valence-corrected chi connectivity index (χ3v) is 4.07. The quantitative estimate of drug-likeness (QED) is 0.912. The van der Waals surface area contributed by atoms with Crippen molar-refractivity contribution in [1.82, 2.24) is 15.1 Å². The number of hydrogen-bond acceptors (Lipinski definition) is 3. The molecular weight excluding hydrogens is 278 g/mol. The predicted octanol–water partition coefficient (Wildman–Crippen LogP) is 2.54. The van der Waals surface area contributed by atoms with E-state index >= 15 is 0 Å². The molecule has 1 saturated heterocycles. The summed E-state index contributed by atoms with van der Waals surface area (Å²) >= 11 is 0. The zero-order chi connectivity index (χ0) is 15.4. The van der Waals surface area contributed by atoms with E-state index in [-0.39, 0.29) is 12.1 Å². The average Bonchev–Trinajstić information content (AvgIpc) is 3.19. The standard InChI is InChI=1S/C16H21N5O/c1-20(14-6-3-2-4-7-14)12-15-8-5-9-21(15)16(22)19-13-10-17-18-11-13/h2-4,6-7,10-11,15H,5,8-9,12H2,1H3,(H,17,18)(H,19,22)/t15-/m0/s1. The molecule has 2 heterocycles. The number of hydrogen-bond donors (Lipinski definition) is 2. The lowest BCUT2D eigenvalue weighted by Crippen LogP contribution is -2.44. The second kappa shape index (κ2) is 6.51. The van der Waals surface area contributed by atoms with Gasteiger partial charge in [-0.3, -0.25) is 5.10 Å². The summed E-state index contributed by atoms with van der Waals surface area (Å²) in [5.74, 6) is 0. The Bertz CT molecular complexity index is 598. The lowest BCUT2D eigenvalue weighted by Gasteiger charge is -2.29. The molecule has 0 bridgehead atoms. The minimum atomic E-state index is -0.0506. The zero-order valence-electron chi connectivity index (χ0n) is 12.7. The summed E-state index contributed by atoms with van der Waals surface area (Å²) in [5.41, 5.74) is 1.87. The number of aromatic amines is 1. The van der Waals surface area contributed by atoms with Gasteiger partial charge < -0.3 is 15.1 Å². The van der Waals surface area contributed by atoms with Crippen molar-refractivity contribution in [3.8, 4) is 0 Å². The van der Waals surface area contributed by atoms with Crippen molar-refractivity contribution in [3.63, 3.8) is 0 Å². The molecule has 1 aliphatic heterocycles. The van der Waals surface area contributed by atoms with Crippen molar-refractivity contribution in [3.05, 3.63) is 42.7 Å². The monoisotopic (exact) mass is 299 g/mol. The Morgan fingerprint density at radius 3 is 3.00 bits per heavy atom. The van der Waals surface area contributed by atoms with Gasteiger partial charge in [-0.15, -0.1) is 0 Å². The summed E-state index contributed by atoms with van der Waals surface area (Å²) in [5, 5.41) is 9.42. The Hall–Kier alpha value is -2.50. The van der Waals surface area contributed by atoms with Gasteiger partial charge >= 0.3 is 6.03 Å². The van der Waals surface area contributed by atoms with Gasteiger partial charge in [0, 0.05) is 32.0 Å². The number of benzene rings is 1. The third-order valence-electron chi connectivity index (χ3n) is 4.07. The van der Waals surface area contributed by atoms with Crippen molar-refractivity contribution < 1.29 is 4.79 Å². The van der Waals surface area contributed by atoms with E-state index in [4.69, 9.17) is 0 Å². The van der Waals surface area contributed by atoms with E-state index in [1.807, 2.05) is 23.1 Å². The number of urea groups is 1. The summed E-state index contributed by atoms with van der Waals surface area (Å²) in [6.07, 6.45) is 5.38. The van der Waals surface area contributed by atoms with Crippen LogP contribution in [0, 0.1) is 0 Å². The minimum absolute atomic E-state index is 0.0506. The number of para-hydroxylation sites is 1. The highest BCUT2D eigenvalue weighted by molar-refractivity contribution is 5.89. The molecular formula is C16H21N5O. The van der Waals surface area contributed by atoms with Crippen molar-refractivity contribution in [2.24, 2.45) is 0 Å². The topological polar surface area (TPSA) is 64.3 Å². The van der Waals surface area contributed by atoms with Gasteiger partial charge in [0.05, 0.1) is 17.9 Å². The number of nitrogens with zero attached hydrogens (tertiary/aromatic N) is 3. The molecule has 1 aliphatic rings. The van der Waals surface area contributed by atoms with E-state index in [0.29, 0.717) is 5.69 Å². The second-order valence-electron chi connectivity index (χ2n) is 5.62. The Morgan fingerprint density at radius 2 is 2.27 bits per heavy atom. The number of likely N-dealkylation sites (tertiary alicyclic amines) is 1. The molecule has 0 unspecified atom stereocenters. The molecule has 0 radical (unpaired) electrons. The maximum absolute atomic E-state index is 12.4. The molecule has 0 aliphatic carbocycles. The van der Waals surface area contributed by atoms with Gasteiger partial charge in [0.15, 0.2) is 0 Å². The first-order chi connectivity index (χ1) is 10.7. The summed E-state index contributed by atoms with van der Waals surface area (Å²) in [7, 11) is 2.07. The summed E-state index contributed by atoms with van der Waals surface area (Å²) in [4.78, 5) is 16.5. The smallest absolute Gasteiger partial charge is 0.322 e. The Labute approximate surface area is 130 Å². The van der Waals surface area contributed by atoms with Crippen LogP contribution in [0.3, 0.4) is 0 Å². The number of likely N-dealkylation sites (N-methyl/N-ethyl adjacent to an activating group) is 1. The van der Waals surface area contributed by atoms with Crippen LogP contribution in [0.5, 0.6) is 0 Å². The molecule has 1 aromatic carbocycles. The molecule has 2 amide bonds. The summed E-state index contributed by atoms with van der Waals surface area (Å²) < 4.78 is 0. The van der Waals surface area contributed by atoms with E-state index in [1.54, 1.807) is 12.4 Å². The van der Waals surface area contributed by atoms with Crippen LogP contribution in [-0.4, -0.2) is 47.3 Å². The number of H-pyrrole nitrogens is 1. The van der Waals surface area contributed by atoms with Gasteiger partial charge in [-0.2, -0.15) is 5.10 Å². The SMILES string of the molecule is CN(C[C@@H]1CCCN1C(=O)Nc1cn[nH]c1)c1ccccc1. The lowest BCUT2D eigenvalue weighted by atomic mass is 10.2. The maximum Gasteiger partial charge on any atom is 0.322 e. The van der Waals surface area contributed by atoms with E-state index in [9.17, 15) is 4.79 Å². The van der Waals surface area contributed by atoms with Gasteiger partial charge in [-0.1, -0.05) is 18.2 Å². The van der Waals surface area contributed by atoms with E-state index < -0.39 is 0 Å². The van der Waals surface area contributed by atoms with Crippen molar-refractivity contribution >= 4 is 17.4 Å². The van der Waals surface area contributed by atoms with Gasteiger partial charge in [0.25, 0.3) is 0 Å². The van der Waals surface area contributed by atoms with Crippen LogP contribution in [0.15, 0.2) is 42.7 Å². The Balaban J connectivity index is 1.62. The van der Waals surface area contributed by atoms with Gasteiger partial charge in [-0.25, -0.2) is 4.79 Å². The van der Waals surface area contributed by atoms with Gasteiger partial charge in [0.1, 0.15) is 0 Å². The largest absolute Gasteiger partial charge is 0.373 e. The fourth-order valence-electron chi connectivity index (χ4n) is 2.91. The number of nitrogens with one attached hydrogen (secondary N) is 2. The fraction of sp³-hybridized carbons (Fsp3) is 0.375. The average molecular weight is 299 g/mol. The van der Waals surface area contributed by atoms with E-state index in [1.165, 1.54) is 5.69 Å². The van der Waals surface area contributed by atoms with Crippen molar-refractivity contribution in [2.75, 3.05) is 30.4 Å². The highest BCUT2D eigenvalue weighted by Crippen LogP contribution is 2.21. The molecule has 1 fully saturated rings. The Morgan fingerprint density at radius 1 is 1.45 bits per heavy atom. The van der Waals surface area contributed by atoms with Gasteiger partial charge in [0.2, 0.25) is 0 Å².